The number of allylic oxidation sites excluding steroid dienone is 2. The zero-order chi connectivity index (χ0) is 73.4. The number of fused-ring (bicyclic) bond motifs is 2. The number of benzene rings is 2. The Hall–Kier alpha value is -1.72. The summed E-state index contributed by atoms with van der Waals surface area (Å²) in [6.45, 7) is 18.1. The Morgan fingerprint density at radius 2 is 1.14 bits per heavy atom. The molecule has 0 saturated heterocycles. The number of carbonyl (C=O) groups excluding carboxylic acids is 5. The fourth-order valence-electron chi connectivity index (χ4n) is 6.12. The van der Waals surface area contributed by atoms with Gasteiger partial charge in [0, 0.05) is 63.0 Å². The molecule has 0 bridgehead atoms. The summed E-state index contributed by atoms with van der Waals surface area (Å²) in [4.78, 5) is 68.2. The second-order valence-corrected chi connectivity index (χ2v) is 27.9. The van der Waals surface area contributed by atoms with Crippen LogP contribution in [0.1, 0.15) is 82.2 Å². The van der Waals surface area contributed by atoms with E-state index in [0.717, 1.165) is 84.6 Å². The number of carbonyl (C=O) groups is 5. The number of primary amides is 2. The number of hydrogen-bond acceptors (Lipinski definition) is 23. The standard InChI is InChI=1S/C16H15N3O3S2.C10H11N3OS2.C8H8N2S2.C7H9BO2.C5H7ClOS.C4H4Cl2O.C3H7O.C2H2Cl2.C2H3ClO.CH3O.CH4S.3Na/c1-8-7-11(9-3-5-10(6-4-9)24(2,21)22)12-13(17)14(15(18)20)23-16(12)19-8;1-4-3-5(15-2)6-7(11)8(9(12)14)16-10(6)13-4;1-5-3-7(12-2)6(4-9)8(11)10-5;1-6-2-4-7(5-3-6)8(9)10;1-4(7)3-5(6)8-2;1-3(7)2-4(5)6;1-3(2)4;2*1-2(3)4;2*1-2;;;/h3-7H,17H2,1-2H3,(H2,18,20);3H,11H2,1-2H3,(H2,12,14);3H,1-2H3,(H,10,11);2-5,9-10H,1H3;3H,1-2H3;2H,1H3;3H,1-2H3;1H2;1H3;1H3;2H,1H3;;;/q;;;;;;-1;;;-1;;3*+1/p-1/b;;;;5-3-;;;;;;;;;. The van der Waals surface area contributed by atoms with E-state index in [2.05, 4.69) is 51.8 Å². The number of rotatable bonds is 10. The quantitative estimate of drug-likeness (QED) is 0.0258. The van der Waals surface area contributed by atoms with Crippen LogP contribution in [-0.4, -0.2) is 114 Å². The summed E-state index contributed by atoms with van der Waals surface area (Å²) >= 11 is 45.9. The van der Waals surface area contributed by atoms with E-state index >= 15 is 0 Å². The number of halogens is 6. The monoisotopic (exact) mass is 1610 g/mol. The van der Waals surface area contributed by atoms with E-state index < -0.39 is 34.9 Å². The number of nitrogen functional groups attached to an aromatic ring is 2. The Morgan fingerprint density at radius 1 is 0.750 bits per heavy atom. The topological polar surface area (TPSA) is 376 Å². The molecular weight excluding hydrogens is 1550 g/mol. The summed E-state index contributed by atoms with van der Waals surface area (Å²) in [5.74, 6) is -1.24. The van der Waals surface area contributed by atoms with Gasteiger partial charge in [-0.2, -0.15) is 18.6 Å². The predicted octanol–water partition coefficient (Wildman–Crippen LogP) is 3.21. The molecule has 0 spiro atoms. The van der Waals surface area contributed by atoms with Gasteiger partial charge in [0.1, 0.15) is 40.2 Å². The molecule has 5 aromatic heterocycles. The summed E-state index contributed by atoms with van der Waals surface area (Å²) < 4.78 is 24.4. The van der Waals surface area contributed by atoms with Crippen LogP contribution in [0.4, 0.5) is 11.4 Å². The van der Waals surface area contributed by atoms with Gasteiger partial charge in [-0.1, -0.05) is 133 Å². The number of nitrogens with two attached hydrogens (primary N) is 4. The largest absolute Gasteiger partial charge is 1.00 e. The molecule has 0 aliphatic rings. The first-order valence-corrected chi connectivity index (χ1v) is 36.3. The van der Waals surface area contributed by atoms with Gasteiger partial charge in [0.15, 0.2) is 21.4 Å². The maximum Gasteiger partial charge on any atom is 1.00 e. The van der Waals surface area contributed by atoms with Crippen LogP contribution in [0.5, 0.6) is 0 Å². The molecule has 37 heteroatoms. The minimum atomic E-state index is -3.26. The minimum absolute atomic E-state index is 0. The molecule has 0 aliphatic heterocycles. The number of amides is 2. The number of H-pyrrole nitrogens is 1. The van der Waals surface area contributed by atoms with Crippen LogP contribution >= 0.6 is 140 Å². The molecule has 510 valence electrons. The summed E-state index contributed by atoms with van der Waals surface area (Å²) in [6, 6.07) is 21.4. The fraction of sp³-hybridized carbons (Fsp3) is 0.271. The van der Waals surface area contributed by atoms with Crippen LogP contribution in [0.15, 0.2) is 113 Å². The number of pyridine rings is 3. The number of nitrogens with zero attached hydrogens (tertiary/aromatic N) is 3. The predicted molar refractivity (Wildman–Crippen MR) is 399 cm³/mol. The van der Waals surface area contributed by atoms with E-state index in [1.165, 1.54) is 61.7 Å². The second-order valence-electron chi connectivity index (χ2n) is 17.6. The van der Waals surface area contributed by atoms with Crippen molar-refractivity contribution >= 4 is 235 Å². The molecule has 11 N–H and O–H groups in total. The number of thiophene rings is 2. The van der Waals surface area contributed by atoms with Crippen LogP contribution in [0.2, 0.25) is 0 Å². The van der Waals surface area contributed by atoms with E-state index in [0.29, 0.717) is 46.5 Å². The minimum Gasteiger partial charge on any atom is -0.857 e. The first-order chi connectivity index (χ1) is 43.1. The molecule has 0 unspecified atom stereocenters. The number of aromatic nitrogens is 3. The molecule has 0 radical (unpaired) electrons. The van der Waals surface area contributed by atoms with Crippen molar-refractivity contribution in [2.24, 2.45) is 11.5 Å². The maximum absolute atomic E-state index is 11.6. The smallest absolute Gasteiger partial charge is 0.857 e. The van der Waals surface area contributed by atoms with Gasteiger partial charge in [-0.15, -0.1) is 64.1 Å². The third-order valence-electron chi connectivity index (χ3n) is 9.54. The van der Waals surface area contributed by atoms with Crippen molar-refractivity contribution in [3.05, 3.63) is 141 Å². The molecule has 96 heavy (non-hydrogen) atoms. The van der Waals surface area contributed by atoms with Gasteiger partial charge in [0.2, 0.25) is 5.24 Å². The summed E-state index contributed by atoms with van der Waals surface area (Å²) in [6.07, 6.45) is 10.6. The number of ketones is 2. The number of hydrogen-bond donors (Lipinski definition) is 7. The van der Waals surface area contributed by atoms with Crippen LogP contribution < -0.4 is 127 Å². The molecule has 0 atom stereocenters. The molecule has 2 aromatic carbocycles. The number of aryl methyl sites for hydroxylation is 4. The van der Waals surface area contributed by atoms with Gasteiger partial charge in [-0.3, -0.25) is 24.0 Å². The Morgan fingerprint density at radius 3 is 1.45 bits per heavy atom. The maximum atomic E-state index is 11.6. The van der Waals surface area contributed by atoms with Gasteiger partial charge in [-0.05, 0) is 119 Å². The van der Waals surface area contributed by atoms with E-state index in [4.69, 9.17) is 114 Å². The number of nitriles is 1. The summed E-state index contributed by atoms with van der Waals surface area (Å²) in [5.41, 5.74) is 29.9. The van der Waals surface area contributed by atoms with E-state index in [1.54, 1.807) is 68.3 Å². The fourth-order valence-corrected chi connectivity index (χ4v) is 11.3. The number of nitrogens with one attached hydrogen (secondary N) is 1. The van der Waals surface area contributed by atoms with E-state index in [1.807, 2.05) is 76.8 Å². The van der Waals surface area contributed by atoms with Crippen molar-refractivity contribution < 1.29 is 141 Å². The Balaban J connectivity index is -0.000000196. The summed E-state index contributed by atoms with van der Waals surface area (Å²) in [7, 11) is -3.86. The average Bonchev–Trinajstić information content (AvgIpc) is 1.60. The molecule has 7 rings (SSSR count). The first-order valence-electron chi connectivity index (χ1n) is 25.6. The van der Waals surface area contributed by atoms with Crippen molar-refractivity contribution in [1.29, 1.82) is 5.26 Å². The first kappa shape index (κ1) is 108. The van der Waals surface area contributed by atoms with Gasteiger partial charge >= 0.3 is 95.8 Å². The van der Waals surface area contributed by atoms with Crippen LogP contribution in [0.3, 0.4) is 0 Å². The van der Waals surface area contributed by atoms with Gasteiger partial charge in [-0.25, -0.2) is 18.4 Å². The third kappa shape index (κ3) is 46.7. The molecule has 5 heterocycles. The Kier molecular flexibility index (Phi) is 65.9. The van der Waals surface area contributed by atoms with Crippen molar-refractivity contribution in [2.75, 3.05) is 49.9 Å². The molecule has 7 aromatic rings. The zero-order valence-electron chi connectivity index (χ0n) is 56.1. The van der Waals surface area contributed by atoms with Crippen LogP contribution in [0, 0.1) is 43.7 Å². The van der Waals surface area contributed by atoms with E-state index in [9.17, 15) is 37.5 Å². The van der Waals surface area contributed by atoms with E-state index in [-0.39, 0.29) is 124 Å². The molecule has 0 saturated carbocycles. The number of sulfone groups is 1. The third-order valence-corrected chi connectivity index (χ3v) is 16.0. The number of thioether (sulfide) groups is 3. The van der Waals surface area contributed by atoms with Gasteiger partial charge < -0.3 is 60.8 Å². The molecule has 0 fully saturated rings. The van der Waals surface area contributed by atoms with Crippen molar-refractivity contribution in [3.8, 4) is 17.2 Å². The van der Waals surface area contributed by atoms with Crippen LogP contribution in [-0.2, 0) is 36.8 Å². The van der Waals surface area contributed by atoms with Gasteiger partial charge in [0.25, 0.3) is 11.8 Å². The Labute approximate surface area is 690 Å². The zero-order valence-corrected chi connectivity index (χ0v) is 73.2. The van der Waals surface area contributed by atoms with Crippen molar-refractivity contribution in [2.45, 2.75) is 83.1 Å². The normalized spacial score (nSPS) is 9.50. The van der Waals surface area contributed by atoms with Crippen molar-refractivity contribution in [3.63, 3.8) is 0 Å². The average molecular weight is 1620 g/mol. The van der Waals surface area contributed by atoms with Crippen molar-refractivity contribution in [1.82, 2.24) is 15.0 Å². The molecular formula is C59H72BCl6N8Na3O11S8. The van der Waals surface area contributed by atoms with Crippen LogP contribution in [0.25, 0.3) is 31.6 Å². The number of aromatic amines is 1. The molecule has 19 nitrogen and oxygen atoms in total. The summed E-state index contributed by atoms with van der Waals surface area (Å²) in [5, 5.41) is 45.0. The second kappa shape index (κ2) is 58.8. The number of anilines is 2. The SMILES string of the molecule is C=C(Cl)Cl.CC(=O)C=C(Cl)Cl.CC(=O)Cl.CC(C)[O-].CS/C(Cl)=C\C(C)=O.CSc1cc(C)[nH]c(=S)c1C#N.CSc1cc(C)nc2sc(C(N)=O)c(N)c12.C[O-].C[S-].Cc1cc(-c2ccc(S(C)(=O)=O)cc2)c2c(N)c(C(N)=O)sc2n1.Cc1ccc(B(O)O)cc1.[Na+].[Na+].[Na+]. The molecule has 0 aliphatic carbocycles. The van der Waals surface area contributed by atoms with Gasteiger partial charge in [0.05, 0.1) is 25.1 Å². The Bertz CT molecular complexity index is 3840. The molecule has 2 amide bonds.